The Morgan fingerprint density at radius 1 is 1.52 bits per heavy atom. The lowest BCUT2D eigenvalue weighted by molar-refractivity contribution is -0.122. The maximum absolute atomic E-state index is 11.8. The van der Waals surface area contributed by atoms with E-state index in [9.17, 15) is 9.90 Å². The molecule has 0 saturated carbocycles. The fourth-order valence-electron chi connectivity index (χ4n) is 2.02. The molecule has 0 spiro atoms. The van der Waals surface area contributed by atoms with Crippen LogP contribution in [0.3, 0.4) is 0 Å². The lowest BCUT2D eigenvalue weighted by Gasteiger charge is -2.22. The first-order valence-corrected chi connectivity index (χ1v) is 6.90. The number of nitrogens with one attached hydrogen (secondary N) is 1. The summed E-state index contributed by atoms with van der Waals surface area (Å²) in [7, 11) is 1.78. The lowest BCUT2D eigenvalue weighted by Crippen LogP contribution is -2.38. The van der Waals surface area contributed by atoms with Crippen molar-refractivity contribution in [3.63, 3.8) is 0 Å². The molecule has 6 heteroatoms. The van der Waals surface area contributed by atoms with Crippen LogP contribution in [0.4, 0.5) is 0 Å². The van der Waals surface area contributed by atoms with Crippen LogP contribution in [0.5, 0.6) is 0 Å². The molecule has 2 aromatic heterocycles. The molecule has 0 fully saturated rings. The van der Waals surface area contributed by atoms with E-state index in [2.05, 4.69) is 10.4 Å². The summed E-state index contributed by atoms with van der Waals surface area (Å²) in [6.45, 7) is 3.67. The largest absolute Gasteiger partial charge is 0.466 e. The van der Waals surface area contributed by atoms with Crippen molar-refractivity contribution in [2.24, 2.45) is 7.05 Å². The van der Waals surface area contributed by atoms with E-state index in [4.69, 9.17) is 4.42 Å². The first-order valence-electron chi connectivity index (χ1n) is 6.90. The average molecular weight is 291 g/mol. The van der Waals surface area contributed by atoms with E-state index < -0.39 is 5.60 Å². The van der Waals surface area contributed by atoms with Gasteiger partial charge in [0.05, 0.1) is 12.7 Å². The highest BCUT2D eigenvalue weighted by Gasteiger charge is 2.25. The van der Waals surface area contributed by atoms with Gasteiger partial charge in [-0.15, -0.1) is 0 Å². The molecular formula is C15H21N3O3. The standard InChI is InChI=1S/C15H21N3O3/c1-11-4-5-13(21-11)6-7-14(19)16-10-15(2,20)12-8-17-18(3)9-12/h4-5,8-9,20H,6-7,10H2,1-3H3,(H,16,19). The molecule has 2 aromatic rings. The quantitative estimate of drug-likeness (QED) is 0.840. The minimum Gasteiger partial charge on any atom is -0.466 e. The minimum atomic E-state index is -1.13. The summed E-state index contributed by atoms with van der Waals surface area (Å²) in [5, 5.41) is 17.1. The van der Waals surface area contributed by atoms with Gasteiger partial charge in [-0.05, 0) is 26.0 Å². The van der Waals surface area contributed by atoms with E-state index in [1.807, 2.05) is 19.1 Å². The molecule has 0 saturated heterocycles. The second-order valence-electron chi connectivity index (χ2n) is 5.47. The molecular weight excluding hydrogens is 270 g/mol. The number of furan rings is 1. The lowest BCUT2D eigenvalue weighted by atomic mass is 9.99. The number of aryl methyl sites for hydroxylation is 3. The highest BCUT2D eigenvalue weighted by Crippen LogP contribution is 2.18. The highest BCUT2D eigenvalue weighted by molar-refractivity contribution is 5.76. The third kappa shape index (κ3) is 4.19. The maximum atomic E-state index is 11.8. The topological polar surface area (TPSA) is 80.3 Å². The van der Waals surface area contributed by atoms with E-state index >= 15 is 0 Å². The zero-order chi connectivity index (χ0) is 15.5. The van der Waals surface area contributed by atoms with Crippen molar-refractivity contribution in [3.8, 4) is 0 Å². The fraction of sp³-hybridized carbons (Fsp3) is 0.467. The molecule has 0 aliphatic heterocycles. The van der Waals surface area contributed by atoms with E-state index in [1.54, 1.807) is 31.0 Å². The Bertz CT molecular complexity index is 613. The maximum Gasteiger partial charge on any atom is 0.220 e. The molecule has 0 radical (unpaired) electrons. The molecule has 2 N–H and O–H groups in total. The molecule has 2 rings (SSSR count). The molecule has 1 amide bonds. The monoisotopic (exact) mass is 291 g/mol. The van der Waals surface area contributed by atoms with Crippen molar-refractivity contribution in [1.29, 1.82) is 0 Å². The number of carbonyl (C=O) groups is 1. The Hall–Kier alpha value is -2.08. The summed E-state index contributed by atoms with van der Waals surface area (Å²) >= 11 is 0. The van der Waals surface area contributed by atoms with Gasteiger partial charge in [0, 0.05) is 31.6 Å². The van der Waals surface area contributed by atoms with Gasteiger partial charge < -0.3 is 14.8 Å². The second kappa shape index (κ2) is 6.13. The van der Waals surface area contributed by atoms with Crippen LogP contribution < -0.4 is 5.32 Å². The summed E-state index contributed by atoms with van der Waals surface area (Å²) in [5.41, 5.74) is -0.461. The Balaban J connectivity index is 1.80. The van der Waals surface area contributed by atoms with Crippen molar-refractivity contribution in [3.05, 3.63) is 41.6 Å². The zero-order valence-electron chi connectivity index (χ0n) is 12.6. The predicted molar refractivity (Wildman–Crippen MR) is 77.6 cm³/mol. The van der Waals surface area contributed by atoms with Crippen LogP contribution in [-0.2, 0) is 23.9 Å². The first-order chi connectivity index (χ1) is 9.87. The number of carbonyl (C=O) groups excluding carboxylic acids is 1. The highest BCUT2D eigenvalue weighted by atomic mass is 16.3. The normalized spacial score (nSPS) is 13.9. The van der Waals surface area contributed by atoms with Crippen LogP contribution in [0.1, 0.15) is 30.4 Å². The Morgan fingerprint density at radius 3 is 2.86 bits per heavy atom. The number of nitrogens with zero attached hydrogens (tertiary/aromatic N) is 2. The number of hydrogen-bond donors (Lipinski definition) is 2. The molecule has 114 valence electrons. The molecule has 2 heterocycles. The fourth-order valence-corrected chi connectivity index (χ4v) is 2.02. The first kappa shape index (κ1) is 15.3. The van der Waals surface area contributed by atoms with Crippen LogP contribution in [0.25, 0.3) is 0 Å². The van der Waals surface area contributed by atoms with Crippen molar-refractivity contribution >= 4 is 5.91 Å². The van der Waals surface area contributed by atoms with Gasteiger partial charge in [0.15, 0.2) is 0 Å². The van der Waals surface area contributed by atoms with Crippen molar-refractivity contribution in [2.75, 3.05) is 6.54 Å². The van der Waals surface area contributed by atoms with Crippen molar-refractivity contribution in [2.45, 2.75) is 32.3 Å². The van der Waals surface area contributed by atoms with Crippen molar-refractivity contribution < 1.29 is 14.3 Å². The van der Waals surface area contributed by atoms with Crippen molar-refractivity contribution in [1.82, 2.24) is 15.1 Å². The van der Waals surface area contributed by atoms with E-state index in [1.165, 1.54) is 0 Å². The van der Waals surface area contributed by atoms with Crippen LogP contribution in [0, 0.1) is 6.92 Å². The summed E-state index contributed by atoms with van der Waals surface area (Å²) in [4.78, 5) is 11.8. The second-order valence-corrected chi connectivity index (χ2v) is 5.47. The van der Waals surface area contributed by atoms with E-state index in [0.29, 0.717) is 18.4 Å². The van der Waals surface area contributed by atoms with E-state index in [-0.39, 0.29) is 12.5 Å². The third-order valence-electron chi connectivity index (χ3n) is 3.35. The van der Waals surface area contributed by atoms with Gasteiger partial charge in [-0.3, -0.25) is 9.48 Å². The predicted octanol–water partition coefficient (Wildman–Crippen LogP) is 1.28. The number of aromatic nitrogens is 2. The molecule has 0 aliphatic rings. The Kier molecular flexibility index (Phi) is 4.47. The van der Waals surface area contributed by atoms with Gasteiger partial charge in [-0.2, -0.15) is 5.10 Å². The molecule has 21 heavy (non-hydrogen) atoms. The van der Waals surface area contributed by atoms with Crippen LogP contribution in [0.15, 0.2) is 28.9 Å². The molecule has 1 atom stereocenters. The Morgan fingerprint density at radius 2 is 2.29 bits per heavy atom. The number of aliphatic hydroxyl groups is 1. The van der Waals surface area contributed by atoms with Gasteiger partial charge in [0.25, 0.3) is 0 Å². The van der Waals surface area contributed by atoms with Gasteiger partial charge in [0.1, 0.15) is 17.1 Å². The van der Waals surface area contributed by atoms with Gasteiger partial charge in [-0.25, -0.2) is 0 Å². The van der Waals surface area contributed by atoms with Crippen LogP contribution in [0.2, 0.25) is 0 Å². The summed E-state index contributed by atoms with van der Waals surface area (Å²) in [5.74, 6) is 1.51. The number of rotatable bonds is 6. The molecule has 0 aliphatic carbocycles. The summed E-state index contributed by atoms with van der Waals surface area (Å²) in [6.07, 6.45) is 4.21. The minimum absolute atomic E-state index is 0.117. The Labute approximate surface area is 123 Å². The molecule has 0 bridgehead atoms. The van der Waals surface area contributed by atoms with Gasteiger partial charge in [0.2, 0.25) is 5.91 Å². The van der Waals surface area contributed by atoms with Crippen LogP contribution in [-0.4, -0.2) is 27.3 Å². The molecule has 1 unspecified atom stereocenters. The molecule has 6 nitrogen and oxygen atoms in total. The number of hydrogen-bond acceptors (Lipinski definition) is 4. The summed E-state index contributed by atoms with van der Waals surface area (Å²) in [6, 6.07) is 3.74. The SMILES string of the molecule is Cc1ccc(CCC(=O)NCC(C)(O)c2cnn(C)c2)o1. The van der Waals surface area contributed by atoms with Gasteiger partial charge in [-0.1, -0.05) is 0 Å². The van der Waals surface area contributed by atoms with Gasteiger partial charge >= 0.3 is 0 Å². The summed E-state index contributed by atoms with van der Waals surface area (Å²) < 4.78 is 7.03. The zero-order valence-corrected chi connectivity index (χ0v) is 12.6. The average Bonchev–Trinajstić information content (AvgIpc) is 3.03. The van der Waals surface area contributed by atoms with E-state index in [0.717, 1.165) is 11.5 Å². The third-order valence-corrected chi connectivity index (χ3v) is 3.35. The molecule has 0 aromatic carbocycles. The van der Waals surface area contributed by atoms with Crippen LogP contribution >= 0.6 is 0 Å². The number of amides is 1. The smallest absolute Gasteiger partial charge is 0.220 e.